The molecule has 1 aromatic carbocycles. The van der Waals surface area contributed by atoms with E-state index < -0.39 is 6.04 Å². The number of aryl methyl sites for hydroxylation is 1. The van der Waals surface area contributed by atoms with Crippen LogP contribution in [0.2, 0.25) is 0 Å². The first kappa shape index (κ1) is 14.7. The molecule has 1 amide bonds. The number of hydrogen-bond donors (Lipinski definition) is 2. The molecule has 3 N–H and O–H groups in total. The van der Waals surface area contributed by atoms with Gasteiger partial charge in [0.25, 0.3) is 0 Å². The van der Waals surface area contributed by atoms with Gasteiger partial charge in [-0.2, -0.15) is 0 Å². The Labute approximate surface area is 109 Å². The largest absolute Gasteiger partial charge is 0.385 e. The van der Waals surface area contributed by atoms with Crippen LogP contribution in [0.4, 0.5) is 0 Å². The summed E-state index contributed by atoms with van der Waals surface area (Å²) in [6.07, 6.45) is 1.38. The lowest BCUT2D eigenvalue weighted by Crippen LogP contribution is -2.41. The molecule has 0 heterocycles. The highest BCUT2D eigenvalue weighted by Gasteiger charge is 2.12. The van der Waals surface area contributed by atoms with E-state index in [1.807, 2.05) is 12.1 Å². The van der Waals surface area contributed by atoms with E-state index in [4.69, 9.17) is 10.5 Å². The Bertz CT molecular complexity index is 380. The van der Waals surface area contributed by atoms with Crippen LogP contribution in [0.5, 0.6) is 0 Å². The van der Waals surface area contributed by atoms with Crippen LogP contribution in [0.25, 0.3) is 0 Å². The van der Waals surface area contributed by atoms with Gasteiger partial charge in [-0.1, -0.05) is 24.3 Å². The number of rotatable bonds is 7. The van der Waals surface area contributed by atoms with Gasteiger partial charge in [-0.05, 0) is 30.9 Å². The van der Waals surface area contributed by atoms with Crippen LogP contribution in [-0.4, -0.2) is 32.2 Å². The van der Waals surface area contributed by atoms with E-state index in [-0.39, 0.29) is 5.91 Å². The monoisotopic (exact) mass is 250 g/mol. The highest BCUT2D eigenvalue weighted by molar-refractivity contribution is 5.81. The zero-order valence-corrected chi connectivity index (χ0v) is 11.1. The van der Waals surface area contributed by atoms with Gasteiger partial charge in [0, 0.05) is 20.3 Å². The second kappa shape index (κ2) is 7.84. The van der Waals surface area contributed by atoms with Crippen molar-refractivity contribution in [2.24, 2.45) is 5.73 Å². The van der Waals surface area contributed by atoms with E-state index >= 15 is 0 Å². The molecule has 1 unspecified atom stereocenters. The Morgan fingerprint density at radius 1 is 1.44 bits per heavy atom. The first-order valence-corrected chi connectivity index (χ1v) is 6.22. The molecule has 1 atom stereocenters. The molecule has 0 aliphatic rings. The Balaban J connectivity index is 2.29. The SMILES string of the molecule is COCCC(N)C(=O)NCCc1ccccc1C. The van der Waals surface area contributed by atoms with Crippen LogP contribution in [0.15, 0.2) is 24.3 Å². The number of amides is 1. The van der Waals surface area contributed by atoms with Crippen molar-refractivity contribution in [3.05, 3.63) is 35.4 Å². The van der Waals surface area contributed by atoms with Crippen molar-refractivity contribution in [3.63, 3.8) is 0 Å². The van der Waals surface area contributed by atoms with Crippen molar-refractivity contribution in [2.75, 3.05) is 20.3 Å². The number of hydrogen-bond acceptors (Lipinski definition) is 3. The minimum Gasteiger partial charge on any atom is -0.385 e. The molecule has 0 saturated heterocycles. The minimum atomic E-state index is -0.484. The fraction of sp³-hybridized carbons (Fsp3) is 0.500. The number of benzene rings is 1. The summed E-state index contributed by atoms with van der Waals surface area (Å²) in [5.74, 6) is -0.111. The summed E-state index contributed by atoms with van der Waals surface area (Å²) in [7, 11) is 1.60. The van der Waals surface area contributed by atoms with Crippen LogP contribution in [0, 0.1) is 6.92 Å². The number of ether oxygens (including phenoxy) is 1. The second-order valence-electron chi connectivity index (χ2n) is 4.36. The summed E-state index contributed by atoms with van der Waals surface area (Å²) in [6.45, 7) is 3.19. The van der Waals surface area contributed by atoms with E-state index in [0.29, 0.717) is 19.6 Å². The fourth-order valence-corrected chi connectivity index (χ4v) is 1.72. The first-order chi connectivity index (χ1) is 8.65. The molecular formula is C14H22N2O2. The lowest BCUT2D eigenvalue weighted by molar-refractivity contribution is -0.122. The molecule has 0 aliphatic heterocycles. The molecule has 100 valence electrons. The standard InChI is InChI=1S/C14H22N2O2/c1-11-5-3-4-6-12(11)7-9-16-14(17)13(15)8-10-18-2/h3-6,13H,7-10,15H2,1-2H3,(H,16,17). The fourth-order valence-electron chi connectivity index (χ4n) is 1.72. The third kappa shape index (κ3) is 4.85. The van der Waals surface area contributed by atoms with Crippen molar-refractivity contribution in [1.82, 2.24) is 5.32 Å². The smallest absolute Gasteiger partial charge is 0.237 e. The summed E-state index contributed by atoms with van der Waals surface area (Å²) in [5.41, 5.74) is 8.22. The van der Waals surface area contributed by atoms with Crippen LogP contribution in [0.3, 0.4) is 0 Å². The summed E-state index contributed by atoms with van der Waals surface area (Å²) in [4.78, 5) is 11.6. The highest BCUT2D eigenvalue weighted by atomic mass is 16.5. The van der Waals surface area contributed by atoms with Crippen LogP contribution in [-0.2, 0) is 16.0 Å². The first-order valence-electron chi connectivity index (χ1n) is 6.22. The Hall–Kier alpha value is -1.39. The van der Waals surface area contributed by atoms with Gasteiger partial charge < -0.3 is 15.8 Å². The number of nitrogens with one attached hydrogen (secondary N) is 1. The Kier molecular flexibility index (Phi) is 6.39. The van der Waals surface area contributed by atoms with Crippen molar-refractivity contribution in [3.8, 4) is 0 Å². The maximum absolute atomic E-state index is 11.6. The van der Waals surface area contributed by atoms with Gasteiger partial charge >= 0.3 is 0 Å². The number of carbonyl (C=O) groups is 1. The molecule has 4 heteroatoms. The Morgan fingerprint density at radius 2 is 2.17 bits per heavy atom. The highest BCUT2D eigenvalue weighted by Crippen LogP contribution is 2.06. The maximum atomic E-state index is 11.6. The van der Waals surface area contributed by atoms with E-state index in [9.17, 15) is 4.79 Å². The van der Waals surface area contributed by atoms with Crippen LogP contribution in [0.1, 0.15) is 17.5 Å². The van der Waals surface area contributed by atoms with Gasteiger partial charge in [-0.15, -0.1) is 0 Å². The molecular weight excluding hydrogens is 228 g/mol. The van der Waals surface area contributed by atoms with Crippen molar-refractivity contribution in [2.45, 2.75) is 25.8 Å². The molecule has 0 fully saturated rings. The predicted octanol–water partition coefficient (Wildman–Crippen LogP) is 1.02. The van der Waals surface area contributed by atoms with Crippen molar-refractivity contribution < 1.29 is 9.53 Å². The lowest BCUT2D eigenvalue weighted by Gasteiger charge is -2.12. The third-order valence-electron chi connectivity index (χ3n) is 2.92. The quantitative estimate of drug-likeness (QED) is 0.759. The third-order valence-corrected chi connectivity index (χ3v) is 2.92. The predicted molar refractivity (Wildman–Crippen MR) is 72.4 cm³/mol. The van der Waals surface area contributed by atoms with E-state index in [1.54, 1.807) is 7.11 Å². The maximum Gasteiger partial charge on any atom is 0.237 e. The van der Waals surface area contributed by atoms with Gasteiger partial charge in [0.15, 0.2) is 0 Å². The minimum absolute atomic E-state index is 0.111. The zero-order valence-electron chi connectivity index (χ0n) is 11.1. The lowest BCUT2D eigenvalue weighted by atomic mass is 10.1. The van der Waals surface area contributed by atoms with Crippen molar-refractivity contribution in [1.29, 1.82) is 0 Å². The molecule has 1 aromatic rings. The summed E-state index contributed by atoms with van der Waals surface area (Å²) < 4.78 is 4.89. The van der Waals surface area contributed by atoms with E-state index in [0.717, 1.165) is 6.42 Å². The number of nitrogens with two attached hydrogens (primary N) is 1. The summed E-state index contributed by atoms with van der Waals surface area (Å²) in [5, 5.41) is 2.85. The van der Waals surface area contributed by atoms with Gasteiger partial charge in [0.1, 0.15) is 0 Å². The van der Waals surface area contributed by atoms with E-state index in [1.165, 1.54) is 11.1 Å². The normalized spacial score (nSPS) is 12.2. The number of methoxy groups -OCH3 is 1. The zero-order chi connectivity index (χ0) is 13.4. The molecule has 0 aromatic heterocycles. The second-order valence-corrected chi connectivity index (χ2v) is 4.36. The average Bonchev–Trinajstić information content (AvgIpc) is 2.38. The van der Waals surface area contributed by atoms with Gasteiger partial charge in [-0.3, -0.25) is 4.79 Å². The molecule has 18 heavy (non-hydrogen) atoms. The molecule has 0 saturated carbocycles. The van der Waals surface area contributed by atoms with Crippen molar-refractivity contribution >= 4 is 5.91 Å². The molecule has 0 radical (unpaired) electrons. The summed E-state index contributed by atoms with van der Waals surface area (Å²) >= 11 is 0. The topological polar surface area (TPSA) is 64.3 Å². The molecule has 1 rings (SSSR count). The Morgan fingerprint density at radius 3 is 2.83 bits per heavy atom. The van der Waals surface area contributed by atoms with Gasteiger partial charge in [-0.25, -0.2) is 0 Å². The molecule has 0 aliphatic carbocycles. The van der Waals surface area contributed by atoms with Gasteiger partial charge in [0.05, 0.1) is 6.04 Å². The molecule has 0 bridgehead atoms. The summed E-state index contributed by atoms with van der Waals surface area (Å²) in [6, 6.07) is 7.68. The van der Waals surface area contributed by atoms with Crippen LogP contribution < -0.4 is 11.1 Å². The molecule has 0 spiro atoms. The average molecular weight is 250 g/mol. The van der Waals surface area contributed by atoms with Crippen LogP contribution >= 0.6 is 0 Å². The van der Waals surface area contributed by atoms with E-state index in [2.05, 4.69) is 24.4 Å². The number of carbonyl (C=O) groups excluding carboxylic acids is 1. The van der Waals surface area contributed by atoms with Gasteiger partial charge in [0.2, 0.25) is 5.91 Å². The molecule has 4 nitrogen and oxygen atoms in total.